The number of nitro groups is 1. The van der Waals surface area contributed by atoms with Gasteiger partial charge in [-0.1, -0.05) is 19.9 Å². The number of rotatable bonds is 5. The summed E-state index contributed by atoms with van der Waals surface area (Å²) in [5.74, 6) is 0.500. The maximum atomic E-state index is 10.9. The highest BCUT2D eigenvalue weighted by Crippen LogP contribution is 2.25. The molecule has 0 aromatic heterocycles. The Labute approximate surface area is 120 Å². The van der Waals surface area contributed by atoms with Crippen LogP contribution in [0.2, 0.25) is 0 Å². The second-order valence-corrected chi connectivity index (χ2v) is 6.32. The Morgan fingerprint density at radius 1 is 1.47 bits per heavy atom. The number of halogens is 2. The van der Waals surface area contributed by atoms with E-state index < -0.39 is 0 Å². The summed E-state index contributed by atoms with van der Waals surface area (Å²) in [5.41, 5.74) is 0.891. The predicted molar refractivity (Wildman–Crippen MR) is 78.6 cm³/mol. The molecule has 0 aliphatic heterocycles. The van der Waals surface area contributed by atoms with Crippen LogP contribution in [-0.2, 0) is 6.42 Å². The Hall–Kier alpha value is -0.360. The van der Waals surface area contributed by atoms with Crippen LogP contribution in [0.25, 0.3) is 0 Å². The van der Waals surface area contributed by atoms with Crippen LogP contribution in [0, 0.1) is 19.6 Å². The van der Waals surface area contributed by atoms with Crippen molar-refractivity contribution in [3.8, 4) is 0 Å². The third kappa shape index (κ3) is 4.79. The number of nitrogens with zero attached hydrogens (tertiary/aromatic N) is 1. The van der Waals surface area contributed by atoms with Gasteiger partial charge >= 0.3 is 0 Å². The van der Waals surface area contributed by atoms with E-state index in [-0.39, 0.29) is 16.0 Å². The van der Waals surface area contributed by atoms with E-state index in [0.717, 1.165) is 15.6 Å². The zero-order valence-corrected chi connectivity index (χ0v) is 12.7. The second-order valence-electron chi connectivity index (χ2n) is 4.46. The van der Waals surface area contributed by atoms with E-state index in [0.29, 0.717) is 12.3 Å². The van der Waals surface area contributed by atoms with Gasteiger partial charge in [0.1, 0.15) is 0 Å². The molecule has 1 rings (SSSR count). The molecule has 0 spiro atoms. The Morgan fingerprint density at radius 2 is 2.12 bits per heavy atom. The van der Waals surface area contributed by atoms with Crippen LogP contribution in [0.15, 0.2) is 18.2 Å². The van der Waals surface area contributed by atoms with Gasteiger partial charge < -0.3 is 0 Å². The Bertz CT molecular complexity index is 409. The van der Waals surface area contributed by atoms with Crippen molar-refractivity contribution in [2.24, 2.45) is 5.92 Å². The van der Waals surface area contributed by atoms with Crippen molar-refractivity contribution in [2.45, 2.75) is 32.1 Å². The van der Waals surface area contributed by atoms with Crippen LogP contribution in [0.3, 0.4) is 0 Å². The predicted octanol–water partition coefficient (Wildman–Crippen LogP) is 4.40. The average Bonchev–Trinajstić information content (AvgIpc) is 2.19. The SMILES string of the molecule is CC(C)CC(Cl)Cc1ccc(I)cc1[N+](=O)[O-]. The Kier molecular flexibility index (Phi) is 5.66. The Balaban J connectivity index is 2.86. The summed E-state index contributed by atoms with van der Waals surface area (Å²) in [5, 5.41) is 10.9. The molecule has 1 aromatic rings. The van der Waals surface area contributed by atoms with Crippen LogP contribution < -0.4 is 0 Å². The first-order valence-corrected chi connectivity index (χ1v) is 6.98. The van der Waals surface area contributed by atoms with Gasteiger partial charge in [0.2, 0.25) is 0 Å². The van der Waals surface area contributed by atoms with E-state index in [1.165, 1.54) is 0 Å². The fourth-order valence-electron chi connectivity index (χ4n) is 1.71. The summed E-state index contributed by atoms with van der Waals surface area (Å²) in [7, 11) is 0. The smallest absolute Gasteiger partial charge is 0.258 e. The standard InChI is InChI=1S/C12H15ClINO2/c1-8(2)5-10(13)6-9-3-4-11(14)7-12(9)15(16)17/h3-4,7-8,10H,5-6H2,1-2H3. The number of benzene rings is 1. The third-order valence-corrected chi connectivity index (χ3v) is 3.42. The summed E-state index contributed by atoms with van der Waals surface area (Å²) in [6, 6.07) is 5.27. The molecule has 94 valence electrons. The van der Waals surface area contributed by atoms with Gasteiger partial charge in [0.15, 0.2) is 0 Å². The molecule has 0 saturated carbocycles. The molecular weight excluding hydrogens is 352 g/mol. The lowest BCUT2D eigenvalue weighted by molar-refractivity contribution is -0.385. The fourth-order valence-corrected chi connectivity index (χ4v) is 2.71. The quantitative estimate of drug-likeness (QED) is 0.335. The summed E-state index contributed by atoms with van der Waals surface area (Å²) < 4.78 is 0.869. The molecule has 0 aliphatic carbocycles. The lowest BCUT2D eigenvalue weighted by Crippen LogP contribution is -2.09. The highest BCUT2D eigenvalue weighted by atomic mass is 127. The molecule has 0 amide bonds. The zero-order chi connectivity index (χ0) is 13.0. The fraction of sp³-hybridized carbons (Fsp3) is 0.500. The zero-order valence-electron chi connectivity index (χ0n) is 9.82. The van der Waals surface area contributed by atoms with Crippen molar-refractivity contribution in [3.63, 3.8) is 0 Å². The highest BCUT2D eigenvalue weighted by Gasteiger charge is 2.17. The molecule has 0 radical (unpaired) electrons. The van der Waals surface area contributed by atoms with Crippen molar-refractivity contribution in [1.82, 2.24) is 0 Å². The van der Waals surface area contributed by atoms with Crippen molar-refractivity contribution in [1.29, 1.82) is 0 Å². The molecule has 5 heteroatoms. The summed E-state index contributed by atoms with van der Waals surface area (Å²) in [6.45, 7) is 4.19. The number of hydrogen-bond acceptors (Lipinski definition) is 2. The maximum absolute atomic E-state index is 10.9. The normalized spacial score (nSPS) is 12.8. The summed E-state index contributed by atoms with van der Waals surface area (Å²) >= 11 is 8.27. The number of alkyl halides is 1. The van der Waals surface area contributed by atoms with Crippen LogP contribution >= 0.6 is 34.2 Å². The van der Waals surface area contributed by atoms with Crippen LogP contribution in [0.1, 0.15) is 25.8 Å². The van der Waals surface area contributed by atoms with Crippen molar-refractivity contribution in [3.05, 3.63) is 37.4 Å². The molecule has 0 N–H and O–H groups in total. The van der Waals surface area contributed by atoms with Gasteiger partial charge in [0, 0.05) is 20.6 Å². The minimum Gasteiger partial charge on any atom is -0.258 e. The van der Waals surface area contributed by atoms with Gasteiger partial charge in [0.05, 0.1) is 4.92 Å². The highest BCUT2D eigenvalue weighted by molar-refractivity contribution is 14.1. The van der Waals surface area contributed by atoms with Crippen molar-refractivity contribution < 1.29 is 4.92 Å². The van der Waals surface area contributed by atoms with Gasteiger partial charge in [-0.05, 0) is 47.4 Å². The average molecular weight is 368 g/mol. The van der Waals surface area contributed by atoms with Gasteiger partial charge in [-0.3, -0.25) is 10.1 Å². The van der Waals surface area contributed by atoms with Gasteiger partial charge in [-0.2, -0.15) is 0 Å². The van der Waals surface area contributed by atoms with Crippen LogP contribution in [0.5, 0.6) is 0 Å². The van der Waals surface area contributed by atoms with Crippen LogP contribution in [0.4, 0.5) is 5.69 Å². The Morgan fingerprint density at radius 3 is 2.65 bits per heavy atom. The van der Waals surface area contributed by atoms with Crippen LogP contribution in [-0.4, -0.2) is 10.3 Å². The minimum atomic E-state index is -0.337. The van der Waals surface area contributed by atoms with Crippen molar-refractivity contribution in [2.75, 3.05) is 0 Å². The van der Waals surface area contributed by atoms with Gasteiger partial charge in [-0.15, -0.1) is 11.6 Å². The molecule has 3 nitrogen and oxygen atoms in total. The van der Waals surface area contributed by atoms with E-state index in [1.807, 2.05) is 6.07 Å². The molecule has 1 aromatic carbocycles. The third-order valence-electron chi connectivity index (χ3n) is 2.41. The lowest BCUT2D eigenvalue weighted by atomic mass is 10.0. The maximum Gasteiger partial charge on any atom is 0.273 e. The molecule has 0 bridgehead atoms. The number of hydrogen-bond donors (Lipinski definition) is 0. The van der Waals surface area contributed by atoms with Gasteiger partial charge in [-0.25, -0.2) is 0 Å². The second kappa shape index (κ2) is 6.54. The molecule has 0 aliphatic rings. The molecule has 0 fully saturated rings. The number of nitro benzene ring substituents is 1. The monoisotopic (exact) mass is 367 g/mol. The molecule has 1 atom stereocenters. The first-order chi connectivity index (χ1) is 7.90. The van der Waals surface area contributed by atoms with E-state index >= 15 is 0 Å². The lowest BCUT2D eigenvalue weighted by Gasteiger charge is -2.12. The van der Waals surface area contributed by atoms with E-state index in [2.05, 4.69) is 36.4 Å². The van der Waals surface area contributed by atoms with Gasteiger partial charge in [0.25, 0.3) is 5.69 Å². The topological polar surface area (TPSA) is 43.1 Å². The van der Waals surface area contributed by atoms with E-state index in [4.69, 9.17) is 11.6 Å². The summed E-state index contributed by atoms with van der Waals surface area (Å²) in [6.07, 6.45) is 1.41. The first kappa shape index (κ1) is 14.7. The molecule has 0 heterocycles. The minimum absolute atomic E-state index is 0.0474. The first-order valence-electron chi connectivity index (χ1n) is 5.47. The molecule has 0 saturated heterocycles. The summed E-state index contributed by atoms with van der Waals surface area (Å²) in [4.78, 5) is 10.6. The van der Waals surface area contributed by atoms with E-state index in [9.17, 15) is 10.1 Å². The molecule has 17 heavy (non-hydrogen) atoms. The van der Waals surface area contributed by atoms with Crippen molar-refractivity contribution >= 4 is 39.9 Å². The largest absolute Gasteiger partial charge is 0.273 e. The van der Waals surface area contributed by atoms with E-state index in [1.54, 1.807) is 12.1 Å². The molecule has 1 unspecified atom stereocenters. The molecular formula is C12H15ClINO2.